The van der Waals surface area contributed by atoms with Gasteiger partial charge in [0.05, 0.1) is 13.2 Å². The molecule has 0 spiro atoms. The molecule has 0 aromatic heterocycles. The summed E-state index contributed by atoms with van der Waals surface area (Å²) in [7, 11) is 3.43. The van der Waals surface area contributed by atoms with Crippen LogP contribution in [-0.4, -0.2) is 57.1 Å². The summed E-state index contributed by atoms with van der Waals surface area (Å²) >= 11 is 0. The number of aromatic hydroxyl groups is 1. The number of phenolic OH excluding ortho intramolecular Hbond substituents is 1. The van der Waals surface area contributed by atoms with E-state index < -0.39 is 0 Å². The molecule has 0 saturated carbocycles. The average molecular weight is 253 g/mol. The zero-order valence-electron chi connectivity index (χ0n) is 11.3. The maximum Gasteiger partial charge on any atom is 0.115 e. The molecule has 0 radical (unpaired) electrons. The van der Waals surface area contributed by atoms with Crippen LogP contribution < -0.4 is 0 Å². The second-order valence-electron chi connectivity index (χ2n) is 4.24. The molecular weight excluding hydrogens is 230 g/mol. The summed E-state index contributed by atoms with van der Waals surface area (Å²) in [4.78, 5) is 2.32. The first kappa shape index (κ1) is 15.0. The molecule has 0 heterocycles. The molecule has 18 heavy (non-hydrogen) atoms. The van der Waals surface area contributed by atoms with Gasteiger partial charge >= 0.3 is 0 Å². The van der Waals surface area contributed by atoms with E-state index in [0.29, 0.717) is 5.75 Å². The lowest BCUT2D eigenvalue weighted by molar-refractivity contribution is 0.115. The molecule has 0 aliphatic heterocycles. The first-order valence-electron chi connectivity index (χ1n) is 6.24. The van der Waals surface area contributed by atoms with E-state index in [1.54, 1.807) is 26.4 Å². The van der Waals surface area contributed by atoms with Gasteiger partial charge in [-0.05, 0) is 24.1 Å². The van der Waals surface area contributed by atoms with Gasteiger partial charge in [0.15, 0.2) is 0 Å². The van der Waals surface area contributed by atoms with Crippen molar-refractivity contribution in [1.82, 2.24) is 4.90 Å². The van der Waals surface area contributed by atoms with Crippen LogP contribution in [-0.2, 0) is 15.9 Å². The van der Waals surface area contributed by atoms with Gasteiger partial charge in [-0.3, -0.25) is 4.90 Å². The van der Waals surface area contributed by atoms with E-state index >= 15 is 0 Å². The second-order valence-corrected chi connectivity index (χ2v) is 4.24. The van der Waals surface area contributed by atoms with E-state index in [1.165, 1.54) is 5.56 Å². The number of nitrogens with zero attached hydrogens (tertiary/aromatic N) is 1. The fourth-order valence-corrected chi connectivity index (χ4v) is 1.73. The fourth-order valence-electron chi connectivity index (χ4n) is 1.73. The van der Waals surface area contributed by atoms with Gasteiger partial charge in [0.2, 0.25) is 0 Å². The highest BCUT2D eigenvalue weighted by Gasteiger charge is 2.04. The van der Waals surface area contributed by atoms with Crippen LogP contribution in [0.15, 0.2) is 24.3 Å². The van der Waals surface area contributed by atoms with Crippen LogP contribution in [0.25, 0.3) is 0 Å². The fraction of sp³-hybridized carbons (Fsp3) is 0.571. The number of ether oxygens (including phenoxy) is 2. The quantitative estimate of drug-likeness (QED) is 0.724. The van der Waals surface area contributed by atoms with Gasteiger partial charge in [0, 0.05) is 33.9 Å². The van der Waals surface area contributed by atoms with Gasteiger partial charge in [-0.15, -0.1) is 0 Å². The SMILES string of the molecule is COCCN(CCOC)CCc1ccc(O)cc1. The van der Waals surface area contributed by atoms with Crippen molar-refractivity contribution in [3.8, 4) is 5.75 Å². The number of methoxy groups -OCH3 is 2. The zero-order valence-corrected chi connectivity index (χ0v) is 11.3. The molecule has 1 N–H and O–H groups in total. The Balaban J connectivity index is 2.37. The van der Waals surface area contributed by atoms with Crippen molar-refractivity contribution >= 4 is 0 Å². The van der Waals surface area contributed by atoms with Crippen molar-refractivity contribution in [3.05, 3.63) is 29.8 Å². The Morgan fingerprint density at radius 3 is 2.00 bits per heavy atom. The zero-order chi connectivity index (χ0) is 13.2. The van der Waals surface area contributed by atoms with Crippen molar-refractivity contribution in [1.29, 1.82) is 0 Å². The highest BCUT2D eigenvalue weighted by atomic mass is 16.5. The summed E-state index contributed by atoms with van der Waals surface area (Å²) in [6.07, 6.45) is 0.966. The minimum atomic E-state index is 0.314. The normalized spacial score (nSPS) is 11.1. The van der Waals surface area contributed by atoms with Gasteiger partial charge in [-0.25, -0.2) is 0 Å². The number of phenols is 1. The number of hydrogen-bond donors (Lipinski definition) is 1. The summed E-state index contributed by atoms with van der Waals surface area (Å²) < 4.78 is 10.2. The first-order valence-corrected chi connectivity index (χ1v) is 6.24. The molecule has 0 saturated heterocycles. The summed E-state index contributed by atoms with van der Waals surface area (Å²) in [5, 5.41) is 9.22. The van der Waals surface area contributed by atoms with Crippen LogP contribution in [0, 0.1) is 0 Å². The molecule has 0 aliphatic rings. The van der Waals surface area contributed by atoms with Crippen molar-refractivity contribution in [2.24, 2.45) is 0 Å². The Morgan fingerprint density at radius 1 is 0.944 bits per heavy atom. The van der Waals surface area contributed by atoms with Crippen LogP contribution in [0.1, 0.15) is 5.56 Å². The topological polar surface area (TPSA) is 41.9 Å². The molecule has 0 amide bonds. The predicted molar refractivity (Wildman–Crippen MR) is 72.0 cm³/mol. The molecule has 0 fully saturated rings. The molecule has 0 unspecified atom stereocenters. The van der Waals surface area contributed by atoms with E-state index in [1.807, 2.05) is 12.1 Å². The monoisotopic (exact) mass is 253 g/mol. The number of rotatable bonds is 9. The van der Waals surface area contributed by atoms with E-state index in [9.17, 15) is 5.11 Å². The number of benzene rings is 1. The third kappa shape index (κ3) is 6.00. The lowest BCUT2D eigenvalue weighted by Gasteiger charge is -2.21. The standard InChI is InChI=1S/C14H23NO3/c1-17-11-9-15(10-12-18-2)8-7-13-3-5-14(16)6-4-13/h3-6,16H,7-12H2,1-2H3. The van der Waals surface area contributed by atoms with Crippen molar-refractivity contribution in [2.45, 2.75) is 6.42 Å². The molecule has 102 valence electrons. The average Bonchev–Trinajstić information content (AvgIpc) is 2.40. The summed E-state index contributed by atoms with van der Waals surface area (Å²) in [6.45, 7) is 4.27. The predicted octanol–water partition coefficient (Wildman–Crippen LogP) is 1.53. The van der Waals surface area contributed by atoms with Crippen molar-refractivity contribution < 1.29 is 14.6 Å². The van der Waals surface area contributed by atoms with Crippen molar-refractivity contribution in [2.75, 3.05) is 47.1 Å². The Morgan fingerprint density at radius 2 is 1.50 bits per heavy atom. The summed E-state index contributed by atoms with van der Waals surface area (Å²) in [5.41, 5.74) is 1.23. The van der Waals surface area contributed by atoms with Crippen LogP contribution in [0.3, 0.4) is 0 Å². The van der Waals surface area contributed by atoms with E-state index in [4.69, 9.17) is 9.47 Å². The third-order valence-electron chi connectivity index (χ3n) is 2.88. The lowest BCUT2D eigenvalue weighted by atomic mass is 10.1. The molecule has 0 atom stereocenters. The van der Waals surface area contributed by atoms with E-state index in [0.717, 1.165) is 39.3 Å². The first-order chi connectivity index (χ1) is 8.76. The Bertz CT molecular complexity index is 305. The molecular formula is C14H23NO3. The van der Waals surface area contributed by atoms with Crippen LogP contribution >= 0.6 is 0 Å². The largest absolute Gasteiger partial charge is 0.508 e. The molecule has 4 nitrogen and oxygen atoms in total. The minimum Gasteiger partial charge on any atom is -0.508 e. The third-order valence-corrected chi connectivity index (χ3v) is 2.88. The maximum atomic E-state index is 9.22. The second kappa shape index (κ2) is 8.91. The van der Waals surface area contributed by atoms with Gasteiger partial charge in [0.1, 0.15) is 5.75 Å². The Hall–Kier alpha value is -1.10. The highest BCUT2D eigenvalue weighted by Crippen LogP contribution is 2.10. The van der Waals surface area contributed by atoms with E-state index in [2.05, 4.69) is 4.90 Å². The lowest BCUT2D eigenvalue weighted by Crippen LogP contribution is -2.32. The minimum absolute atomic E-state index is 0.314. The Kier molecular flexibility index (Phi) is 7.41. The molecule has 0 aliphatic carbocycles. The van der Waals surface area contributed by atoms with Gasteiger partial charge in [-0.2, -0.15) is 0 Å². The summed E-state index contributed by atoms with van der Waals surface area (Å²) in [5.74, 6) is 0.314. The van der Waals surface area contributed by atoms with Gasteiger partial charge in [0.25, 0.3) is 0 Å². The van der Waals surface area contributed by atoms with Crippen molar-refractivity contribution in [3.63, 3.8) is 0 Å². The molecule has 1 aromatic carbocycles. The Labute approximate surface area is 109 Å². The molecule has 1 rings (SSSR count). The number of hydrogen-bond acceptors (Lipinski definition) is 4. The van der Waals surface area contributed by atoms with Gasteiger partial charge in [-0.1, -0.05) is 12.1 Å². The van der Waals surface area contributed by atoms with Gasteiger partial charge < -0.3 is 14.6 Å². The highest BCUT2D eigenvalue weighted by molar-refractivity contribution is 5.25. The molecule has 0 bridgehead atoms. The summed E-state index contributed by atoms with van der Waals surface area (Å²) in [6, 6.07) is 7.37. The van der Waals surface area contributed by atoms with E-state index in [-0.39, 0.29) is 0 Å². The van der Waals surface area contributed by atoms with Crippen LogP contribution in [0.4, 0.5) is 0 Å². The van der Waals surface area contributed by atoms with Crippen LogP contribution in [0.5, 0.6) is 5.75 Å². The van der Waals surface area contributed by atoms with Crippen LogP contribution in [0.2, 0.25) is 0 Å². The maximum absolute atomic E-state index is 9.22. The molecule has 1 aromatic rings. The molecule has 4 heteroatoms. The smallest absolute Gasteiger partial charge is 0.115 e.